The van der Waals surface area contributed by atoms with Gasteiger partial charge in [-0.3, -0.25) is 10.1 Å². The van der Waals surface area contributed by atoms with Crippen LogP contribution in [-0.4, -0.2) is 33.8 Å². The highest BCUT2D eigenvalue weighted by Gasteiger charge is 2.29. The van der Waals surface area contributed by atoms with E-state index in [0.29, 0.717) is 0 Å². The van der Waals surface area contributed by atoms with Crippen molar-refractivity contribution in [1.29, 1.82) is 0 Å². The Morgan fingerprint density at radius 1 is 1.18 bits per heavy atom. The van der Waals surface area contributed by atoms with E-state index in [1.54, 1.807) is 0 Å². The first-order valence-electron chi connectivity index (χ1n) is 4.23. The molecule has 12 heteroatoms. The molecular formula is C5H10N4O8. The minimum atomic E-state index is -1.42. The van der Waals surface area contributed by atoms with Crippen LogP contribution in [0, 0.1) is 30.3 Å². The molecule has 12 nitrogen and oxygen atoms in total. The number of nitrogens with one attached hydrogen (secondary N) is 1. The topological polar surface area (TPSA) is 160 Å². The molecule has 0 saturated carbocycles. The third kappa shape index (κ3) is 7.66. The van der Waals surface area contributed by atoms with Crippen LogP contribution in [0.3, 0.4) is 0 Å². The van der Waals surface area contributed by atoms with Gasteiger partial charge >= 0.3 is 5.09 Å². The van der Waals surface area contributed by atoms with Gasteiger partial charge in [-0.1, -0.05) is 0 Å². The third-order valence-corrected chi connectivity index (χ3v) is 1.70. The molecule has 0 heterocycles. The zero-order chi connectivity index (χ0) is 13.5. The average molecular weight is 254 g/mol. The van der Waals surface area contributed by atoms with Gasteiger partial charge in [0.15, 0.2) is 0 Å². The smallest absolute Gasteiger partial charge is 0.311 e. The summed E-state index contributed by atoms with van der Waals surface area (Å²) in [5.74, 6) is 0. The summed E-state index contributed by atoms with van der Waals surface area (Å²) in [4.78, 5) is 37.2. The van der Waals surface area contributed by atoms with Gasteiger partial charge in [-0.05, 0) is 6.92 Å². The Kier molecular flexibility index (Phi) is 5.53. The lowest BCUT2D eigenvalue weighted by Crippen LogP contribution is -2.49. The maximum absolute atomic E-state index is 10.2. The fourth-order valence-corrected chi connectivity index (χ4v) is 0.833. The lowest BCUT2D eigenvalue weighted by atomic mass is 10.0. The molecule has 0 spiro atoms. The van der Waals surface area contributed by atoms with E-state index in [-0.39, 0.29) is 6.42 Å². The van der Waals surface area contributed by atoms with Crippen molar-refractivity contribution in [3.05, 3.63) is 30.3 Å². The number of nitro groups is 1. The molecule has 0 aliphatic heterocycles. The van der Waals surface area contributed by atoms with E-state index >= 15 is 0 Å². The molecule has 0 aliphatic rings. The molecule has 0 aliphatic carbocycles. The van der Waals surface area contributed by atoms with Crippen molar-refractivity contribution in [2.24, 2.45) is 0 Å². The summed E-state index contributed by atoms with van der Waals surface area (Å²) in [5.41, 5.74) is 0.450. The first kappa shape index (κ1) is 14.8. The lowest BCUT2D eigenvalue weighted by molar-refractivity contribution is -0.785. The van der Waals surface area contributed by atoms with Crippen molar-refractivity contribution in [3.63, 3.8) is 0 Å². The molecular weight excluding hydrogens is 244 g/mol. The van der Waals surface area contributed by atoms with Gasteiger partial charge in [0.1, 0.15) is 6.61 Å². The predicted octanol–water partition coefficient (Wildman–Crippen LogP) is -0.667. The van der Waals surface area contributed by atoms with Crippen molar-refractivity contribution >= 4 is 0 Å². The number of nitrogens with zero attached hydrogens (tertiary/aromatic N) is 3. The van der Waals surface area contributed by atoms with Gasteiger partial charge in [-0.25, -0.2) is 4.94 Å². The van der Waals surface area contributed by atoms with Crippen LogP contribution in [0.5, 0.6) is 0 Å². The first-order valence-corrected chi connectivity index (χ1v) is 4.23. The largest absolute Gasteiger partial charge is 0.312 e. The molecule has 1 unspecified atom stereocenters. The second-order valence-corrected chi connectivity index (χ2v) is 3.28. The molecule has 0 aromatic carbocycles. The van der Waals surface area contributed by atoms with E-state index < -0.39 is 33.8 Å². The van der Waals surface area contributed by atoms with E-state index in [2.05, 4.69) is 9.78 Å². The number of hydrogen-bond acceptors (Lipinski definition) is 9. The van der Waals surface area contributed by atoms with Crippen molar-refractivity contribution in [2.45, 2.75) is 18.9 Å². The molecule has 0 rings (SSSR count). The van der Waals surface area contributed by atoms with Crippen LogP contribution in [0.15, 0.2) is 0 Å². The Morgan fingerprint density at radius 3 is 2.18 bits per heavy atom. The maximum Gasteiger partial charge on any atom is 0.311 e. The molecule has 0 radical (unpaired) electrons. The Hall–Kier alpha value is -2.24. The Labute approximate surface area is 93.8 Å². The van der Waals surface area contributed by atoms with Crippen LogP contribution in [0.4, 0.5) is 0 Å². The zero-order valence-electron chi connectivity index (χ0n) is 8.73. The monoisotopic (exact) mass is 254 g/mol. The third-order valence-electron chi connectivity index (χ3n) is 1.70. The van der Waals surface area contributed by atoms with Crippen molar-refractivity contribution in [3.8, 4) is 0 Å². The standard InChI is InChI=1S/C5H10N4O8/c1-5(2-3-7(10)11,4-16-8(12)13)6-17-9(14)15/h6H,2-4H2,1H3. The van der Waals surface area contributed by atoms with Gasteiger partial charge in [-0.15, -0.1) is 20.2 Å². The summed E-state index contributed by atoms with van der Waals surface area (Å²) >= 11 is 0. The van der Waals surface area contributed by atoms with Gasteiger partial charge in [-0.2, -0.15) is 5.48 Å². The summed E-state index contributed by atoms with van der Waals surface area (Å²) < 4.78 is 0. The molecule has 0 aromatic heterocycles. The highest BCUT2D eigenvalue weighted by Crippen LogP contribution is 2.10. The van der Waals surface area contributed by atoms with Crippen molar-refractivity contribution in [1.82, 2.24) is 5.48 Å². The Morgan fingerprint density at radius 2 is 1.76 bits per heavy atom. The minimum absolute atomic E-state index is 0.248. The summed E-state index contributed by atoms with van der Waals surface area (Å²) in [6.45, 7) is 0.0802. The molecule has 0 amide bonds. The van der Waals surface area contributed by atoms with Gasteiger partial charge in [0.2, 0.25) is 6.54 Å². The second-order valence-electron chi connectivity index (χ2n) is 3.28. The van der Waals surface area contributed by atoms with Crippen LogP contribution in [-0.2, 0) is 9.78 Å². The van der Waals surface area contributed by atoms with E-state index in [1.807, 2.05) is 5.48 Å². The molecule has 1 N–H and O–H groups in total. The van der Waals surface area contributed by atoms with Gasteiger partial charge in [0, 0.05) is 11.3 Å². The zero-order valence-corrected chi connectivity index (χ0v) is 8.73. The van der Waals surface area contributed by atoms with Crippen molar-refractivity contribution < 1.29 is 24.9 Å². The first-order chi connectivity index (χ1) is 7.75. The van der Waals surface area contributed by atoms with E-state index in [0.717, 1.165) is 0 Å². The van der Waals surface area contributed by atoms with E-state index in [1.165, 1.54) is 6.92 Å². The summed E-state index contributed by atoms with van der Waals surface area (Å²) in [5, 5.41) is 27.8. The molecule has 1 atom stereocenters. The van der Waals surface area contributed by atoms with E-state index in [4.69, 9.17) is 0 Å². The van der Waals surface area contributed by atoms with Crippen LogP contribution < -0.4 is 5.48 Å². The second kappa shape index (κ2) is 6.37. The summed E-state index contributed by atoms with van der Waals surface area (Å²) in [6.07, 6.45) is -0.248. The van der Waals surface area contributed by atoms with Crippen LogP contribution in [0.25, 0.3) is 0 Å². The lowest BCUT2D eigenvalue weighted by Gasteiger charge is -2.25. The van der Waals surface area contributed by atoms with Gasteiger partial charge in [0.25, 0.3) is 5.09 Å². The highest BCUT2D eigenvalue weighted by molar-refractivity contribution is 4.78. The van der Waals surface area contributed by atoms with Crippen molar-refractivity contribution in [2.75, 3.05) is 13.2 Å². The van der Waals surface area contributed by atoms with E-state index in [9.17, 15) is 30.3 Å². The SMILES string of the molecule is CC(CC[N+](=O)[O-])(CO[N+](=O)[O-])NO[N+](=O)[O-]. The maximum atomic E-state index is 10.2. The molecule has 0 bridgehead atoms. The quantitative estimate of drug-likeness (QED) is 0.415. The molecule has 17 heavy (non-hydrogen) atoms. The Bertz CT molecular complexity index is 261. The predicted molar refractivity (Wildman–Crippen MR) is 49.0 cm³/mol. The Balaban J connectivity index is 4.37. The van der Waals surface area contributed by atoms with Gasteiger partial charge in [0.05, 0.1) is 5.54 Å². The molecule has 0 aromatic rings. The average Bonchev–Trinajstić information content (AvgIpc) is 2.21. The fourth-order valence-electron chi connectivity index (χ4n) is 0.833. The highest BCUT2D eigenvalue weighted by atomic mass is 17.0. The van der Waals surface area contributed by atoms with Crippen LogP contribution >= 0.6 is 0 Å². The number of hydrogen-bond donors (Lipinski definition) is 1. The normalized spacial score (nSPS) is 13.5. The summed E-state index contributed by atoms with van der Waals surface area (Å²) in [7, 11) is 0. The molecule has 98 valence electrons. The molecule has 0 saturated heterocycles. The minimum Gasteiger partial charge on any atom is -0.312 e. The van der Waals surface area contributed by atoms with Crippen LogP contribution in [0.1, 0.15) is 13.3 Å². The summed E-state index contributed by atoms with van der Waals surface area (Å²) in [6, 6.07) is 0. The van der Waals surface area contributed by atoms with Gasteiger partial charge < -0.3 is 4.84 Å². The van der Waals surface area contributed by atoms with Crippen LogP contribution in [0.2, 0.25) is 0 Å². The number of hydroxylamine groups is 1. The molecule has 0 fully saturated rings. The number of rotatable bonds is 9. The fraction of sp³-hybridized carbons (Fsp3) is 1.00.